The zero-order valence-electron chi connectivity index (χ0n) is 10.1. The van der Waals surface area contributed by atoms with Crippen molar-refractivity contribution in [1.29, 1.82) is 0 Å². The normalized spacial score (nSPS) is 12.8. The van der Waals surface area contributed by atoms with E-state index < -0.39 is 0 Å². The third-order valence-corrected chi connectivity index (χ3v) is 3.96. The summed E-state index contributed by atoms with van der Waals surface area (Å²) in [6.07, 6.45) is 2.06. The molecule has 92 valence electrons. The maximum absolute atomic E-state index is 4.52. The average Bonchev–Trinajstić information content (AvgIpc) is 2.95. The van der Waals surface area contributed by atoms with E-state index in [1.54, 1.807) is 22.7 Å². The zero-order valence-corrected chi connectivity index (χ0v) is 11.8. The van der Waals surface area contributed by atoms with Crippen molar-refractivity contribution in [3.63, 3.8) is 0 Å². The van der Waals surface area contributed by atoms with Crippen LogP contribution in [0.5, 0.6) is 0 Å². The molecule has 1 unspecified atom stereocenters. The van der Waals surface area contributed by atoms with Crippen molar-refractivity contribution in [1.82, 2.24) is 15.3 Å². The predicted molar refractivity (Wildman–Crippen MR) is 73.7 cm³/mol. The van der Waals surface area contributed by atoms with E-state index in [2.05, 4.69) is 33.0 Å². The van der Waals surface area contributed by atoms with E-state index in [0.29, 0.717) is 6.04 Å². The van der Waals surface area contributed by atoms with Gasteiger partial charge in [-0.1, -0.05) is 6.92 Å². The Labute approximate surface area is 110 Å². The van der Waals surface area contributed by atoms with Crippen LogP contribution in [0.3, 0.4) is 0 Å². The Bertz CT molecular complexity index is 436. The predicted octanol–water partition coefficient (Wildman–Crippen LogP) is 3.19. The summed E-state index contributed by atoms with van der Waals surface area (Å²) >= 11 is 3.36. The fourth-order valence-corrected chi connectivity index (χ4v) is 2.94. The highest BCUT2D eigenvalue weighted by Crippen LogP contribution is 2.19. The lowest BCUT2D eigenvalue weighted by atomic mass is 10.1. The zero-order chi connectivity index (χ0) is 12.1. The van der Waals surface area contributed by atoms with E-state index in [-0.39, 0.29) is 0 Å². The molecular formula is C12H17N3S2. The minimum atomic E-state index is 0.294. The van der Waals surface area contributed by atoms with Crippen LogP contribution in [0.2, 0.25) is 0 Å². The first-order chi connectivity index (χ1) is 8.29. The van der Waals surface area contributed by atoms with Gasteiger partial charge in [-0.05, 0) is 19.9 Å². The standard InChI is InChI=1S/C12H17N3S2/c1-3-4-13-11(12-7-16-8-14-12)5-10-6-17-9(2)15-10/h6-8,11,13H,3-5H2,1-2H3. The molecule has 1 atom stereocenters. The molecule has 0 spiro atoms. The first-order valence-electron chi connectivity index (χ1n) is 5.82. The molecule has 0 aliphatic heterocycles. The summed E-state index contributed by atoms with van der Waals surface area (Å²) < 4.78 is 0. The van der Waals surface area contributed by atoms with Crippen molar-refractivity contribution in [2.24, 2.45) is 0 Å². The van der Waals surface area contributed by atoms with Gasteiger partial charge in [0.25, 0.3) is 0 Å². The molecule has 0 aliphatic rings. The number of nitrogens with zero attached hydrogens (tertiary/aromatic N) is 2. The minimum absolute atomic E-state index is 0.294. The Balaban J connectivity index is 2.05. The summed E-state index contributed by atoms with van der Waals surface area (Å²) in [5.41, 5.74) is 4.19. The summed E-state index contributed by atoms with van der Waals surface area (Å²) in [6.45, 7) is 5.24. The highest BCUT2D eigenvalue weighted by Gasteiger charge is 2.14. The molecule has 17 heavy (non-hydrogen) atoms. The van der Waals surface area contributed by atoms with Crippen molar-refractivity contribution in [3.05, 3.63) is 32.7 Å². The topological polar surface area (TPSA) is 37.8 Å². The van der Waals surface area contributed by atoms with Gasteiger partial charge in [0.2, 0.25) is 0 Å². The molecule has 0 amide bonds. The van der Waals surface area contributed by atoms with E-state index in [1.807, 2.05) is 12.4 Å². The summed E-state index contributed by atoms with van der Waals surface area (Å²) in [5, 5.41) is 8.93. The van der Waals surface area contributed by atoms with Gasteiger partial charge in [-0.2, -0.15) is 0 Å². The largest absolute Gasteiger partial charge is 0.308 e. The number of hydrogen-bond donors (Lipinski definition) is 1. The Morgan fingerprint density at radius 1 is 1.41 bits per heavy atom. The lowest BCUT2D eigenvalue weighted by molar-refractivity contribution is 0.516. The van der Waals surface area contributed by atoms with E-state index >= 15 is 0 Å². The summed E-state index contributed by atoms with van der Waals surface area (Å²) in [6, 6.07) is 0.294. The Hall–Kier alpha value is -0.780. The smallest absolute Gasteiger partial charge is 0.0897 e. The van der Waals surface area contributed by atoms with Gasteiger partial charge in [-0.3, -0.25) is 0 Å². The Morgan fingerprint density at radius 2 is 2.29 bits per heavy atom. The second kappa shape index (κ2) is 6.23. The molecule has 2 rings (SSSR count). The third-order valence-electron chi connectivity index (χ3n) is 2.53. The van der Waals surface area contributed by atoms with Crippen molar-refractivity contribution in [2.45, 2.75) is 32.7 Å². The lowest BCUT2D eigenvalue weighted by Crippen LogP contribution is -2.24. The average molecular weight is 267 g/mol. The van der Waals surface area contributed by atoms with Gasteiger partial charge in [0.05, 0.1) is 27.9 Å². The summed E-state index contributed by atoms with van der Waals surface area (Å²) in [4.78, 5) is 8.93. The highest BCUT2D eigenvalue weighted by molar-refractivity contribution is 7.09. The summed E-state index contributed by atoms with van der Waals surface area (Å²) in [7, 11) is 0. The van der Waals surface area contributed by atoms with E-state index in [4.69, 9.17) is 0 Å². The van der Waals surface area contributed by atoms with Crippen LogP contribution in [0.25, 0.3) is 0 Å². The molecule has 0 fully saturated rings. The van der Waals surface area contributed by atoms with Gasteiger partial charge in [-0.15, -0.1) is 22.7 Å². The molecule has 1 N–H and O–H groups in total. The maximum Gasteiger partial charge on any atom is 0.0897 e. The van der Waals surface area contributed by atoms with Gasteiger partial charge in [-0.25, -0.2) is 9.97 Å². The van der Waals surface area contributed by atoms with Crippen LogP contribution in [0.1, 0.15) is 35.8 Å². The van der Waals surface area contributed by atoms with Gasteiger partial charge in [0.15, 0.2) is 0 Å². The van der Waals surface area contributed by atoms with Crippen LogP contribution in [-0.2, 0) is 6.42 Å². The number of thiazole rings is 2. The number of aryl methyl sites for hydroxylation is 1. The van der Waals surface area contributed by atoms with Gasteiger partial charge < -0.3 is 5.32 Å². The van der Waals surface area contributed by atoms with Crippen LogP contribution in [0.4, 0.5) is 0 Å². The van der Waals surface area contributed by atoms with Gasteiger partial charge >= 0.3 is 0 Å². The van der Waals surface area contributed by atoms with Crippen LogP contribution in [-0.4, -0.2) is 16.5 Å². The van der Waals surface area contributed by atoms with Crippen LogP contribution >= 0.6 is 22.7 Å². The molecule has 5 heteroatoms. The molecule has 0 radical (unpaired) electrons. The minimum Gasteiger partial charge on any atom is -0.308 e. The van der Waals surface area contributed by atoms with Crippen LogP contribution in [0.15, 0.2) is 16.3 Å². The molecule has 2 aromatic heterocycles. The molecule has 2 heterocycles. The van der Waals surface area contributed by atoms with Crippen molar-refractivity contribution >= 4 is 22.7 Å². The first kappa shape index (κ1) is 12.7. The van der Waals surface area contributed by atoms with E-state index in [9.17, 15) is 0 Å². The fraction of sp³-hybridized carbons (Fsp3) is 0.500. The maximum atomic E-state index is 4.52. The van der Waals surface area contributed by atoms with Crippen molar-refractivity contribution < 1.29 is 0 Å². The lowest BCUT2D eigenvalue weighted by Gasteiger charge is -2.15. The molecule has 3 nitrogen and oxygen atoms in total. The third kappa shape index (κ3) is 3.59. The number of rotatable bonds is 6. The number of hydrogen-bond acceptors (Lipinski definition) is 5. The van der Waals surface area contributed by atoms with Gasteiger partial charge in [0, 0.05) is 17.2 Å². The van der Waals surface area contributed by atoms with E-state index in [0.717, 1.165) is 35.8 Å². The fourth-order valence-electron chi connectivity index (χ4n) is 1.70. The van der Waals surface area contributed by atoms with Crippen molar-refractivity contribution in [2.75, 3.05) is 6.54 Å². The monoisotopic (exact) mass is 267 g/mol. The number of aromatic nitrogens is 2. The second-order valence-electron chi connectivity index (χ2n) is 3.98. The molecular weight excluding hydrogens is 250 g/mol. The number of nitrogens with one attached hydrogen (secondary N) is 1. The first-order valence-corrected chi connectivity index (χ1v) is 7.64. The second-order valence-corrected chi connectivity index (χ2v) is 5.76. The van der Waals surface area contributed by atoms with Crippen LogP contribution in [0, 0.1) is 6.92 Å². The van der Waals surface area contributed by atoms with Crippen molar-refractivity contribution in [3.8, 4) is 0 Å². The molecule has 0 aromatic carbocycles. The SMILES string of the molecule is CCCNC(Cc1csc(C)n1)c1cscn1. The quantitative estimate of drug-likeness (QED) is 0.873. The molecule has 0 aliphatic carbocycles. The Kier molecular flexibility index (Phi) is 4.65. The highest BCUT2D eigenvalue weighted by atomic mass is 32.1. The van der Waals surface area contributed by atoms with E-state index in [1.165, 1.54) is 0 Å². The van der Waals surface area contributed by atoms with Gasteiger partial charge in [0.1, 0.15) is 0 Å². The molecule has 0 saturated heterocycles. The molecule has 2 aromatic rings. The Morgan fingerprint density at radius 3 is 2.88 bits per heavy atom. The molecule has 0 bridgehead atoms. The molecule has 0 saturated carbocycles. The van der Waals surface area contributed by atoms with Crippen LogP contribution < -0.4 is 5.32 Å². The summed E-state index contributed by atoms with van der Waals surface area (Å²) in [5.74, 6) is 0.